The summed E-state index contributed by atoms with van der Waals surface area (Å²) in [7, 11) is 1.75. The van der Waals surface area contributed by atoms with Crippen LogP contribution >= 0.6 is 23.4 Å². The molecule has 0 radical (unpaired) electrons. The van der Waals surface area contributed by atoms with Crippen molar-refractivity contribution in [3.8, 4) is 0 Å². The monoisotopic (exact) mass is 551 g/mol. The second-order valence-corrected chi connectivity index (χ2v) is 10.4. The molecule has 1 amide bonds. The number of rotatable bonds is 4. The van der Waals surface area contributed by atoms with Gasteiger partial charge in [0.15, 0.2) is 5.17 Å². The molecule has 1 aromatic heterocycles. The van der Waals surface area contributed by atoms with Crippen LogP contribution in [0.2, 0.25) is 5.02 Å². The predicted molar refractivity (Wildman–Crippen MR) is 137 cm³/mol. The summed E-state index contributed by atoms with van der Waals surface area (Å²) >= 11 is 6.98. The van der Waals surface area contributed by atoms with Crippen molar-refractivity contribution in [3.05, 3.63) is 69.2 Å². The van der Waals surface area contributed by atoms with Gasteiger partial charge >= 0.3 is 6.18 Å². The van der Waals surface area contributed by atoms with Crippen molar-refractivity contribution in [2.45, 2.75) is 31.4 Å². The molecule has 1 N–H and O–H groups in total. The fourth-order valence-corrected chi connectivity index (χ4v) is 5.62. The van der Waals surface area contributed by atoms with E-state index >= 15 is 0 Å². The fourth-order valence-electron chi connectivity index (χ4n) is 4.52. The number of carbonyl (C=O) groups is 1. The number of hydrogen-bond acceptors (Lipinski definition) is 5. The smallest absolute Gasteiger partial charge is 0.348 e. The molecule has 194 valence electrons. The molecule has 12 heteroatoms. The Balaban J connectivity index is 1.35. The number of amides is 1. The van der Waals surface area contributed by atoms with Gasteiger partial charge in [0.2, 0.25) is 0 Å². The molecule has 2 aromatic carbocycles. The number of carbonyl (C=O) groups excluding carboxylic acids is 1. The number of aromatic nitrogens is 2. The molecule has 1 fully saturated rings. The Kier molecular flexibility index (Phi) is 7.03. The minimum absolute atomic E-state index is 0.0111. The van der Waals surface area contributed by atoms with E-state index in [0.29, 0.717) is 33.9 Å². The number of halogens is 5. The zero-order valence-corrected chi connectivity index (χ0v) is 21.2. The lowest BCUT2D eigenvalue weighted by molar-refractivity contribution is -0.138. The first kappa shape index (κ1) is 25.7. The molecule has 3 aromatic rings. The topological polar surface area (TPSA) is 62.5 Å². The van der Waals surface area contributed by atoms with Crippen LogP contribution in [0.5, 0.6) is 0 Å². The van der Waals surface area contributed by atoms with Crippen LogP contribution in [-0.4, -0.2) is 58.1 Å². The maximum Gasteiger partial charge on any atom is 0.416 e. The minimum atomic E-state index is -4.54. The molecule has 6 nitrogen and oxygen atoms in total. The first-order valence-corrected chi connectivity index (χ1v) is 12.7. The fraction of sp³-hybridized carbons (Fsp3) is 0.320. The summed E-state index contributed by atoms with van der Waals surface area (Å²) in [5.74, 6) is -0.394. The van der Waals surface area contributed by atoms with Gasteiger partial charge < -0.3 is 10.2 Å². The number of fused-ring (bicyclic) bond motifs is 1. The van der Waals surface area contributed by atoms with Gasteiger partial charge in [0, 0.05) is 24.0 Å². The van der Waals surface area contributed by atoms with Gasteiger partial charge in [0.25, 0.3) is 5.91 Å². The zero-order chi connectivity index (χ0) is 26.3. The Morgan fingerprint density at radius 2 is 2.08 bits per heavy atom. The maximum atomic E-state index is 14.3. The number of amidine groups is 1. The van der Waals surface area contributed by atoms with Crippen molar-refractivity contribution in [1.82, 2.24) is 20.0 Å². The molecule has 1 saturated heterocycles. The quantitative estimate of drug-likeness (QED) is 0.349. The maximum absolute atomic E-state index is 14.3. The summed E-state index contributed by atoms with van der Waals surface area (Å²) < 4.78 is 56.3. The third kappa shape index (κ3) is 5.39. The number of nitrogens with zero attached hydrogens (tertiary/aromatic N) is 4. The van der Waals surface area contributed by atoms with Gasteiger partial charge in [0.1, 0.15) is 6.17 Å². The predicted octanol–water partition coefficient (Wildman–Crippen LogP) is 5.36. The molecular formula is C25H22ClF4N5OS. The van der Waals surface area contributed by atoms with Crippen LogP contribution in [0.15, 0.2) is 52.5 Å². The van der Waals surface area contributed by atoms with E-state index in [1.165, 1.54) is 28.6 Å². The zero-order valence-electron chi connectivity index (χ0n) is 19.6. The van der Waals surface area contributed by atoms with Crippen LogP contribution in [0.3, 0.4) is 0 Å². The van der Waals surface area contributed by atoms with Gasteiger partial charge in [-0.15, -0.1) is 0 Å². The number of nitrogens with one attached hydrogen (secondary N) is 1. The van der Waals surface area contributed by atoms with Gasteiger partial charge in [-0.3, -0.25) is 9.48 Å². The number of piperidine rings is 1. The second-order valence-electron chi connectivity index (χ2n) is 8.92. The molecule has 2 atom stereocenters. The molecule has 37 heavy (non-hydrogen) atoms. The summed E-state index contributed by atoms with van der Waals surface area (Å²) in [5.41, 5.74) is 0.618. The summed E-state index contributed by atoms with van der Waals surface area (Å²) in [5, 5.41) is 8.47. The standard InChI is InChI=1S/C25H22ClF4N5OS/c1-34(21-6-7-31-12-19(21)27)24-33-23(36)22(37-24)9-14-2-5-20-16(8-14)11-32-35(20)13-15-3-4-17(26)10-18(15)25(28,29)30/h2-5,8-11,19,21,31H,6-7,12-13H2,1H3/b22-9-/t19-,21+/m1/s1. The number of alkyl halides is 4. The highest BCUT2D eigenvalue weighted by Gasteiger charge is 2.35. The van der Waals surface area contributed by atoms with Crippen molar-refractivity contribution in [1.29, 1.82) is 0 Å². The number of benzene rings is 2. The van der Waals surface area contributed by atoms with Crippen LogP contribution in [0.25, 0.3) is 17.0 Å². The number of aliphatic imine (C=N–C) groups is 1. The molecule has 5 rings (SSSR count). The second kappa shape index (κ2) is 10.1. The van der Waals surface area contributed by atoms with Gasteiger partial charge in [0.05, 0.1) is 34.8 Å². The Hall–Kier alpha value is -2.89. The van der Waals surface area contributed by atoms with Crippen molar-refractivity contribution < 1.29 is 22.4 Å². The van der Waals surface area contributed by atoms with Crippen molar-refractivity contribution in [2.75, 3.05) is 20.1 Å². The average molecular weight is 552 g/mol. The lowest BCUT2D eigenvalue weighted by Crippen LogP contribution is -2.50. The van der Waals surface area contributed by atoms with Gasteiger partial charge in [-0.25, -0.2) is 4.39 Å². The van der Waals surface area contributed by atoms with E-state index in [1.807, 2.05) is 0 Å². The molecular weight excluding hydrogens is 530 g/mol. The van der Waals surface area contributed by atoms with Crippen LogP contribution in [0, 0.1) is 0 Å². The van der Waals surface area contributed by atoms with Gasteiger partial charge in [-0.1, -0.05) is 23.7 Å². The Labute approximate surface area is 219 Å². The molecule has 2 aliphatic heterocycles. The summed E-state index contributed by atoms with van der Waals surface area (Å²) in [6.45, 7) is 0.889. The molecule has 0 bridgehead atoms. The molecule has 3 heterocycles. The van der Waals surface area contributed by atoms with Crippen LogP contribution in [-0.2, 0) is 17.5 Å². The highest BCUT2D eigenvalue weighted by molar-refractivity contribution is 8.18. The summed E-state index contributed by atoms with van der Waals surface area (Å²) in [6, 6.07) is 8.65. The molecule has 2 aliphatic rings. The van der Waals surface area contributed by atoms with Crippen LogP contribution < -0.4 is 5.32 Å². The van der Waals surface area contributed by atoms with Crippen molar-refractivity contribution in [2.24, 2.45) is 4.99 Å². The number of hydrogen-bond donors (Lipinski definition) is 1. The van der Waals surface area contributed by atoms with Crippen LogP contribution in [0.1, 0.15) is 23.1 Å². The largest absolute Gasteiger partial charge is 0.416 e. The van der Waals surface area contributed by atoms with Crippen LogP contribution in [0.4, 0.5) is 17.6 Å². The van der Waals surface area contributed by atoms with E-state index in [4.69, 9.17) is 11.6 Å². The van der Waals surface area contributed by atoms with E-state index in [0.717, 1.165) is 11.6 Å². The van der Waals surface area contributed by atoms with E-state index < -0.39 is 23.8 Å². The van der Waals surface area contributed by atoms with E-state index in [-0.39, 0.29) is 29.7 Å². The molecule has 0 spiro atoms. The summed E-state index contributed by atoms with van der Waals surface area (Å²) in [6.07, 6.45) is -1.71. The first-order chi connectivity index (χ1) is 17.6. The first-order valence-electron chi connectivity index (χ1n) is 11.5. The van der Waals surface area contributed by atoms with Gasteiger partial charge in [-0.05, 0) is 66.2 Å². The number of thioether (sulfide) groups is 1. The van der Waals surface area contributed by atoms with Crippen molar-refractivity contribution >= 4 is 51.4 Å². The van der Waals surface area contributed by atoms with E-state index in [2.05, 4.69) is 15.4 Å². The lowest BCUT2D eigenvalue weighted by atomic mass is 10.0. The SMILES string of the molecule is CN(C1=NC(=O)/C(=C/c2ccc3c(cnn3Cc3ccc(Cl)cc3C(F)(F)F)c2)S1)[C@H]1CCNC[C@H]1F. The molecule has 0 aliphatic carbocycles. The highest BCUT2D eigenvalue weighted by atomic mass is 35.5. The average Bonchev–Trinajstić information content (AvgIpc) is 3.42. The third-order valence-electron chi connectivity index (χ3n) is 6.44. The summed E-state index contributed by atoms with van der Waals surface area (Å²) in [4.78, 5) is 18.8. The lowest BCUT2D eigenvalue weighted by Gasteiger charge is -2.34. The van der Waals surface area contributed by atoms with E-state index in [9.17, 15) is 22.4 Å². The normalized spacial score (nSPS) is 21.6. The van der Waals surface area contributed by atoms with E-state index in [1.54, 1.807) is 42.4 Å². The Bertz CT molecular complexity index is 1420. The third-order valence-corrected chi connectivity index (χ3v) is 7.75. The molecule has 0 unspecified atom stereocenters. The molecule has 0 saturated carbocycles. The van der Waals surface area contributed by atoms with Gasteiger partial charge in [-0.2, -0.15) is 23.3 Å². The Morgan fingerprint density at radius 3 is 2.84 bits per heavy atom. The highest BCUT2D eigenvalue weighted by Crippen LogP contribution is 2.35. The minimum Gasteiger partial charge on any atom is -0.348 e. The Morgan fingerprint density at radius 1 is 1.27 bits per heavy atom. The van der Waals surface area contributed by atoms with Crippen molar-refractivity contribution in [3.63, 3.8) is 0 Å².